The maximum atomic E-state index is 13.0. The van der Waals surface area contributed by atoms with Crippen LogP contribution in [0.15, 0.2) is 18.2 Å². The molecule has 1 aromatic rings. The van der Waals surface area contributed by atoms with Crippen LogP contribution in [0.3, 0.4) is 0 Å². The molecule has 0 aromatic heterocycles. The summed E-state index contributed by atoms with van der Waals surface area (Å²) in [6.45, 7) is 7.02. The van der Waals surface area contributed by atoms with E-state index in [1.807, 2.05) is 20.8 Å². The summed E-state index contributed by atoms with van der Waals surface area (Å²) >= 11 is 0. The second-order valence-corrected chi connectivity index (χ2v) is 6.25. The Labute approximate surface area is 123 Å². The molecule has 0 radical (unpaired) electrons. The number of hydrogen-bond acceptors (Lipinski definition) is 2. The SMILES string of the molecule is CC(=O)C(NC(=O)CCc1cc(F)cc(F)c1)C(C)(C)C. The Morgan fingerprint density at radius 2 is 1.67 bits per heavy atom. The van der Waals surface area contributed by atoms with Crippen LogP contribution in [0.25, 0.3) is 0 Å². The van der Waals surface area contributed by atoms with Crippen LogP contribution in [-0.2, 0) is 16.0 Å². The highest BCUT2D eigenvalue weighted by molar-refractivity contribution is 5.88. The number of carbonyl (C=O) groups is 2. The Balaban J connectivity index is 2.63. The third kappa shape index (κ3) is 5.61. The maximum Gasteiger partial charge on any atom is 0.220 e. The summed E-state index contributed by atoms with van der Waals surface area (Å²) in [5.74, 6) is -1.76. The Morgan fingerprint density at radius 1 is 1.14 bits per heavy atom. The van der Waals surface area contributed by atoms with Crippen LogP contribution in [-0.4, -0.2) is 17.7 Å². The van der Waals surface area contributed by atoms with Gasteiger partial charge in [0.05, 0.1) is 6.04 Å². The second-order valence-electron chi connectivity index (χ2n) is 6.25. The molecular formula is C16H21F2NO2. The first kappa shape index (κ1) is 17.3. The number of Topliss-reactive ketones (excluding diaryl/α,β-unsaturated/α-hetero) is 1. The minimum Gasteiger partial charge on any atom is -0.346 e. The molecule has 3 nitrogen and oxygen atoms in total. The molecular weight excluding hydrogens is 276 g/mol. The van der Waals surface area contributed by atoms with E-state index in [0.29, 0.717) is 5.56 Å². The van der Waals surface area contributed by atoms with E-state index in [0.717, 1.165) is 6.07 Å². The third-order valence-corrected chi connectivity index (χ3v) is 3.14. The van der Waals surface area contributed by atoms with Crippen LogP contribution in [0, 0.1) is 17.0 Å². The number of amides is 1. The van der Waals surface area contributed by atoms with E-state index in [-0.39, 0.29) is 29.9 Å². The summed E-state index contributed by atoms with van der Waals surface area (Å²) in [5, 5.41) is 2.68. The van der Waals surface area contributed by atoms with Crippen LogP contribution in [0.2, 0.25) is 0 Å². The molecule has 0 aliphatic heterocycles. The zero-order valence-electron chi connectivity index (χ0n) is 12.8. The van der Waals surface area contributed by atoms with Crippen molar-refractivity contribution in [2.24, 2.45) is 5.41 Å². The Morgan fingerprint density at radius 3 is 2.10 bits per heavy atom. The van der Waals surface area contributed by atoms with E-state index < -0.39 is 17.7 Å². The number of carbonyl (C=O) groups excluding carboxylic acids is 2. The lowest BCUT2D eigenvalue weighted by atomic mass is 9.84. The zero-order chi connectivity index (χ0) is 16.2. The fraction of sp³-hybridized carbons (Fsp3) is 0.500. The molecule has 0 spiro atoms. The predicted molar refractivity (Wildman–Crippen MR) is 76.7 cm³/mol. The number of benzene rings is 1. The van der Waals surface area contributed by atoms with E-state index in [1.54, 1.807) is 0 Å². The molecule has 1 unspecified atom stereocenters. The van der Waals surface area contributed by atoms with Crippen molar-refractivity contribution in [2.45, 2.75) is 46.6 Å². The average molecular weight is 297 g/mol. The van der Waals surface area contributed by atoms with E-state index in [4.69, 9.17) is 0 Å². The van der Waals surface area contributed by atoms with Gasteiger partial charge in [0.15, 0.2) is 5.78 Å². The minimum absolute atomic E-state index is 0.0722. The first-order valence-corrected chi connectivity index (χ1v) is 6.84. The van der Waals surface area contributed by atoms with Gasteiger partial charge in [0.2, 0.25) is 5.91 Å². The van der Waals surface area contributed by atoms with Crippen LogP contribution in [0.1, 0.15) is 39.7 Å². The third-order valence-electron chi connectivity index (χ3n) is 3.14. The fourth-order valence-corrected chi connectivity index (χ4v) is 2.17. The predicted octanol–water partition coefficient (Wildman–Crippen LogP) is 3.02. The number of rotatable bonds is 5. The summed E-state index contributed by atoms with van der Waals surface area (Å²) in [4.78, 5) is 23.5. The highest BCUT2D eigenvalue weighted by Crippen LogP contribution is 2.20. The second kappa shape index (κ2) is 6.78. The summed E-state index contributed by atoms with van der Waals surface area (Å²) < 4.78 is 26.1. The van der Waals surface area contributed by atoms with Gasteiger partial charge in [0.1, 0.15) is 11.6 Å². The fourth-order valence-electron chi connectivity index (χ4n) is 2.17. The first-order valence-electron chi connectivity index (χ1n) is 6.84. The number of nitrogens with one attached hydrogen (secondary N) is 1. The number of aryl methyl sites for hydroxylation is 1. The molecule has 116 valence electrons. The quantitative estimate of drug-likeness (QED) is 0.908. The molecule has 0 bridgehead atoms. The van der Waals surface area contributed by atoms with Crippen molar-refractivity contribution < 1.29 is 18.4 Å². The van der Waals surface area contributed by atoms with Gasteiger partial charge < -0.3 is 5.32 Å². The van der Waals surface area contributed by atoms with Crippen molar-refractivity contribution >= 4 is 11.7 Å². The zero-order valence-corrected chi connectivity index (χ0v) is 12.8. The normalized spacial score (nSPS) is 12.9. The molecule has 0 saturated heterocycles. The highest BCUT2D eigenvalue weighted by Gasteiger charge is 2.29. The van der Waals surface area contributed by atoms with Crippen molar-refractivity contribution in [1.82, 2.24) is 5.32 Å². The first-order chi connectivity index (χ1) is 9.59. The van der Waals surface area contributed by atoms with Crippen LogP contribution < -0.4 is 5.32 Å². The molecule has 1 amide bonds. The minimum atomic E-state index is -0.665. The lowest BCUT2D eigenvalue weighted by Crippen LogP contribution is -2.48. The van der Waals surface area contributed by atoms with Gasteiger partial charge >= 0.3 is 0 Å². The summed E-state index contributed by atoms with van der Waals surface area (Å²) in [5.41, 5.74) is 0.0321. The van der Waals surface area contributed by atoms with Crippen LogP contribution in [0.4, 0.5) is 8.78 Å². The van der Waals surface area contributed by atoms with E-state index in [1.165, 1.54) is 19.1 Å². The molecule has 1 rings (SSSR count). The van der Waals surface area contributed by atoms with Gasteiger partial charge in [-0.25, -0.2) is 8.78 Å². The number of hydrogen-bond donors (Lipinski definition) is 1. The number of ketones is 1. The van der Waals surface area contributed by atoms with Crippen LogP contribution >= 0.6 is 0 Å². The van der Waals surface area contributed by atoms with E-state index in [2.05, 4.69) is 5.32 Å². The van der Waals surface area contributed by atoms with E-state index >= 15 is 0 Å². The van der Waals surface area contributed by atoms with Gasteiger partial charge in [0.25, 0.3) is 0 Å². The Bertz CT molecular complexity index is 515. The van der Waals surface area contributed by atoms with Crippen molar-refractivity contribution in [1.29, 1.82) is 0 Å². The summed E-state index contributed by atoms with van der Waals surface area (Å²) in [7, 11) is 0. The molecule has 5 heteroatoms. The standard InChI is InChI=1S/C16H21F2NO2/c1-10(20)15(16(2,3)4)19-14(21)6-5-11-7-12(17)9-13(18)8-11/h7-9,15H,5-6H2,1-4H3,(H,19,21). The van der Waals surface area contributed by atoms with Gasteiger partial charge in [-0.3, -0.25) is 9.59 Å². The Kier molecular flexibility index (Phi) is 5.58. The maximum absolute atomic E-state index is 13.0. The van der Waals surface area contributed by atoms with Gasteiger partial charge in [-0.15, -0.1) is 0 Å². The molecule has 0 fully saturated rings. The van der Waals surface area contributed by atoms with Gasteiger partial charge in [-0.2, -0.15) is 0 Å². The molecule has 21 heavy (non-hydrogen) atoms. The van der Waals surface area contributed by atoms with E-state index in [9.17, 15) is 18.4 Å². The summed E-state index contributed by atoms with van der Waals surface area (Å²) in [6.07, 6.45) is 0.290. The lowest BCUT2D eigenvalue weighted by molar-refractivity contribution is -0.129. The highest BCUT2D eigenvalue weighted by atomic mass is 19.1. The Hall–Kier alpha value is -1.78. The molecule has 0 heterocycles. The molecule has 0 aliphatic carbocycles. The van der Waals surface area contributed by atoms with Crippen molar-refractivity contribution in [3.63, 3.8) is 0 Å². The molecule has 1 aromatic carbocycles. The van der Waals surface area contributed by atoms with Crippen molar-refractivity contribution in [3.05, 3.63) is 35.4 Å². The van der Waals surface area contributed by atoms with Crippen molar-refractivity contribution in [2.75, 3.05) is 0 Å². The van der Waals surface area contributed by atoms with Gasteiger partial charge in [-0.05, 0) is 36.5 Å². The smallest absolute Gasteiger partial charge is 0.220 e. The van der Waals surface area contributed by atoms with Crippen LogP contribution in [0.5, 0.6) is 0 Å². The lowest BCUT2D eigenvalue weighted by Gasteiger charge is -2.29. The average Bonchev–Trinajstić information content (AvgIpc) is 2.30. The van der Waals surface area contributed by atoms with Crippen molar-refractivity contribution in [3.8, 4) is 0 Å². The van der Waals surface area contributed by atoms with Gasteiger partial charge in [-0.1, -0.05) is 20.8 Å². The largest absolute Gasteiger partial charge is 0.346 e. The van der Waals surface area contributed by atoms with Gasteiger partial charge in [0, 0.05) is 12.5 Å². The topological polar surface area (TPSA) is 46.2 Å². The number of halogens is 2. The molecule has 1 atom stereocenters. The monoisotopic (exact) mass is 297 g/mol. The molecule has 0 aliphatic rings. The summed E-state index contributed by atoms with van der Waals surface area (Å²) in [6, 6.07) is 2.61. The molecule has 1 N–H and O–H groups in total. The molecule has 0 saturated carbocycles.